The van der Waals surface area contributed by atoms with Crippen molar-refractivity contribution in [2.45, 2.75) is 6.54 Å². The van der Waals surface area contributed by atoms with Gasteiger partial charge in [0.05, 0.1) is 0 Å². The van der Waals surface area contributed by atoms with E-state index in [4.69, 9.17) is 0 Å². The Morgan fingerprint density at radius 3 is 2.56 bits per heavy atom. The zero-order valence-corrected chi connectivity index (χ0v) is 11.0. The Morgan fingerprint density at radius 1 is 1.22 bits per heavy atom. The first-order chi connectivity index (χ1) is 8.74. The lowest BCUT2D eigenvalue weighted by Crippen LogP contribution is -2.45. The van der Waals surface area contributed by atoms with Gasteiger partial charge in [-0.15, -0.1) is 0 Å². The molecule has 0 aromatic heterocycles. The van der Waals surface area contributed by atoms with E-state index in [-0.39, 0.29) is 5.82 Å². The van der Waals surface area contributed by atoms with E-state index in [2.05, 4.69) is 22.2 Å². The molecular weight excluding hydrogens is 229 g/mol. The molecule has 1 aliphatic rings. The average molecular weight is 251 g/mol. The van der Waals surface area contributed by atoms with E-state index in [0.717, 1.165) is 45.8 Å². The van der Waals surface area contributed by atoms with Gasteiger partial charge in [0, 0.05) is 45.8 Å². The summed E-state index contributed by atoms with van der Waals surface area (Å²) in [7, 11) is 2.12. The fraction of sp³-hybridized carbons (Fsp3) is 0.571. The molecule has 0 aliphatic carbocycles. The minimum Gasteiger partial charge on any atom is -0.314 e. The quantitative estimate of drug-likeness (QED) is 0.847. The van der Waals surface area contributed by atoms with Gasteiger partial charge in [-0.1, -0.05) is 12.1 Å². The van der Waals surface area contributed by atoms with E-state index in [9.17, 15) is 4.39 Å². The second kappa shape index (κ2) is 6.83. The van der Waals surface area contributed by atoms with E-state index in [1.807, 2.05) is 12.1 Å². The maximum Gasteiger partial charge on any atom is 0.123 e. The summed E-state index contributed by atoms with van der Waals surface area (Å²) in [5.41, 5.74) is 1.17. The molecule has 1 saturated heterocycles. The van der Waals surface area contributed by atoms with Gasteiger partial charge in [-0.2, -0.15) is 0 Å². The molecule has 4 heteroatoms. The Bertz CT molecular complexity index is 347. The van der Waals surface area contributed by atoms with E-state index in [1.54, 1.807) is 0 Å². The van der Waals surface area contributed by atoms with Crippen molar-refractivity contribution in [2.75, 3.05) is 46.3 Å². The molecule has 100 valence electrons. The zero-order chi connectivity index (χ0) is 12.8. The third-order valence-corrected chi connectivity index (χ3v) is 3.37. The van der Waals surface area contributed by atoms with Gasteiger partial charge >= 0.3 is 0 Å². The van der Waals surface area contributed by atoms with Crippen molar-refractivity contribution < 1.29 is 4.39 Å². The lowest BCUT2D eigenvalue weighted by Gasteiger charge is -2.29. The van der Waals surface area contributed by atoms with E-state index in [1.165, 1.54) is 17.7 Å². The van der Waals surface area contributed by atoms with Gasteiger partial charge in [0.1, 0.15) is 5.82 Å². The Labute approximate surface area is 109 Å². The summed E-state index contributed by atoms with van der Waals surface area (Å²) < 4.78 is 12.8. The van der Waals surface area contributed by atoms with E-state index >= 15 is 0 Å². The molecule has 0 atom stereocenters. The molecule has 1 heterocycles. The zero-order valence-electron chi connectivity index (χ0n) is 11.0. The number of nitrogens with zero attached hydrogens (tertiary/aromatic N) is 2. The van der Waals surface area contributed by atoms with Gasteiger partial charge in [0.15, 0.2) is 0 Å². The monoisotopic (exact) mass is 251 g/mol. The number of hydrogen-bond donors (Lipinski definition) is 1. The summed E-state index contributed by atoms with van der Waals surface area (Å²) in [5.74, 6) is -0.165. The molecule has 0 unspecified atom stereocenters. The van der Waals surface area contributed by atoms with Gasteiger partial charge in [-0.25, -0.2) is 4.39 Å². The van der Waals surface area contributed by atoms with Crippen LogP contribution in [0.15, 0.2) is 24.3 Å². The third kappa shape index (κ3) is 4.37. The van der Waals surface area contributed by atoms with Crippen LogP contribution in [0, 0.1) is 5.82 Å². The van der Waals surface area contributed by atoms with Crippen LogP contribution in [-0.2, 0) is 6.54 Å². The lowest BCUT2D eigenvalue weighted by atomic mass is 10.2. The maximum atomic E-state index is 12.8. The van der Waals surface area contributed by atoms with Crippen LogP contribution in [0.3, 0.4) is 0 Å². The lowest BCUT2D eigenvalue weighted by molar-refractivity contribution is 0.202. The first-order valence-electron chi connectivity index (χ1n) is 6.60. The highest BCUT2D eigenvalue weighted by atomic mass is 19.1. The minimum atomic E-state index is -0.165. The molecule has 0 radical (unpaired) electrons. The van der Waals surface area contributed by atoms with Gasteiger partial charge in [-0.05, 0) is 24.7 Å². The fourth-order valence-corrected chi connectivity index (χ4v) is 2.23. The first kappa shape index (κ1) is 13.5. The highest BCUT2D eigenvalue weighted by Crippen LogP contribution is 2.05. The van der Waals surface area contributed by atoms with E-state index in [0.29, 0.717) is 0 Å². The van der Waals surface area contributed by atoms with Crippen molar-refractivity contribution >= 4 is 0 Å². The molecule has 1 N–H and O–H groups in total. The maximum absolute atomic E-state index is 12.8. The van der Waals surface area contributed by atoms with Gasteiger partial charge < -0.3 is 10.2 Å². The van der Waals surface area contributed by atoms with Crippen LogP contribution in [0.25, 0.3) is 0 Å². The van der Waals surface area contributed by atoms with Crippen molar-refractivity contribution in [3.05, 3.63) is 35.6 Å². The van der Waals surface area contributed by atoms with Crippen molar-refractivity contribution in [3.63, 3.8) is 0 Å². The molecule has 2 rings (SSSR count). The molecule has 0 spiro atoms. The molecule has 1 aromatic rings. The number of halogens is 1. The van der Waals surface area contributed by atoms with Crippen molar-refractivity contribution in [1.82, 2.24) is 15.1 Å². The Balaban J connectivity index is 1.71. The molecule has 1 aromatic carbocycles. The molecular formula is C14H22FN3. The van der Waals surface area contributed by atoms with Crippen LogP contribution in [0.2, 0.25) is 0 Å². The van der Waals surface area contributed by atoms with Crippen molar-refractivity contribution in [3.8, 4) is 0 Å². The molecule has 18 heavy (non-hydrogen) atoms. The van der Waals surface area contributed by atoms with Crippen molar-refractivity contribution in [2.24, 2.45) is 0 Å². The third-order valence-electron chi connectivity index (χ3n) is 3.37. The van der Waals surface area contributed by atoms with E-state index < -0.39 is 0 Å². The summed E-state index contributed by atoms with van der Waals surface area (Å²) in [6.07, 6.45) is 0. The average Bonchev–Trinajstić information content (AvgIpc) is 2.40. The molecule has 1 aliphatic heterocycles. The largest absolute Gasteiger partial charge is 0.314 e. The van der Waals surface area contributed by atoms with Gasteiger partial charge in [0.25, 0.3) is 0 Å². The van der Waals surface area contributed by atoms with Crippen LogP contribution in [0.5, 0.6) is 0 Å². The summed E-state index contributed by atoms with van der Waals surface area (Å²) in [6, 6.07) is 6.77. The Kier molecular flexibility index (Phi) is 5.11. The molecule has 0 amide bonds. The topological polar surface area (TPSA) is 18.5 Å². The minimum absolute atomic E-state index is 0.165. The number of likely N-dealkylation sites (N-methyl/N-ethyl adjacent to an activating group) is 1. The standard InChI is InChI=1S/C14H22FN3/c1-17(10-11-18-8-6-16-7-9-18)12-13-2-4-14(15)5-3-13/h2-5,16H,6-12H2,1H3. The number of benzene rings is 1. The molecule has 0 bridgehead atoms. The molecule has 1 fully saturated rings. The van der Waals surface area contributed by atoms with Gasteiger partial charge in [-0.3, -0.25) is 4.90 Å². The van der Waals surface area contributed by atoms with Crippen LogP contribution in [0.4, 0.5) is 4.39 Å². The van der Waals surface area contributed by atoms with Crippen molar-refractivity contribution in [1.29, 1.82) is 0 Å². The predicted molar refractivity (Wildman–Crippen MR) is 72.0 cm³/mol. The summed E-state index contributed by atoms with van der Waals surface area (Å²) in [4.78, 5) is 4.77. The summed E-state index contributed by atoms with van der Waals surface area (Å²) in [6.45, 7) is 7.53. The SMILES string of the molecule is CN(CCN1CCNCC1)Cc1ccc(F)cc1. The number of rotatable bonds is 5. The second-order valence-corrected chi connectivity index (χ2v) is 4.96. The van der Waals surface area contributed by atoms with Crippen LogP contribution in [0.1, 0.15) is 5.56 Å². The smallest absolute Gasteiger partial charge is 0.123 e. The number of piperazine rings is 1. The van der Waals surface area contributed by atoms with Crippen LogP contribution in [-0.4, -0.2) is 56.1 Å². The van der Waals surface area contributed by atoms with Gasteiger partial charge in [0.2, 0.25) is 0 Å². The highest BCUT2D eigenvalue weighted by molar-refractivity contribution is 5.15. The molecule has 0 saturated carbocycles. The number of hydrogen-bond acceptors (Lipinski definition) is 3. The summed E-state index contributed by atoms with van der Waals surface area (Å²) in [5, 5.41) is 3.36. The Morgan fingerprint density at radius 2 is 1.89 bits per heavy atom. The highest BCUT2D eigenvalue weighted by Gasteiger charge is 2.10. The van der Waals surface area contributed by atoms with Crippen LogP contribution < -0.4 is 5.32 Å². The first-order valence-corrected chi connectivity index (χ1v) is 6.60. The fourth-order valence-electron chi connectivity index (χ4n) is 2.23. The second-order valence-electron chi connectivity index (χ2n) is 4.96. The normalized spacial score (nSPS) is 17.3. The number of nitrogens with one attached hydrogen (secondary N) is 1. The predicted octanol–water partition coefficient (Wildman–Crippen LogP) is 1.16. The Hall–Kier alpha value is -0.970. The van der Waals surface area contributed by atoms with Crippen LogP contribution >= 0.6 is 0 Å². The molecule has 3 nitrogen and oxygen atoms in total. The summed E-state index contributed by atoms with van der Waals surface area (Å²) >= 11 is 0.